The van der Waals surface area contributed by atoms with Gasteiger partial charge in [-0.15, -0.1) is 0 Å². The molecule has 2 N–H and O–H groups in total. The van der Waals surface area contributed by atoms with E-state index >= 15 is 0 Å². The van der Waals surface area contributed by atoms with Gasteiger partial charge in [-0.25, -0.2) is 5.43 Å². The highest BCUT2D eigenvalue weighted by atomic mass is 16.6. The molecule has 0 saturated carbocycles. The molecule has 0 radical (unpaired) electrons. The molecule has 3 aromatic rings. The van der Waals surface area contributed by atoms with E-state index in [0.29, 0.717) is 47.0 Å². The van der Waals surface area contributed by atoms with Crippen molar-refractivity contribution in [2.75, 3.05) is 5.32 Å². The number of nitro benzene ring substituents is 1. The summed E-state index contributed by atoms with van der Waals surface area (Å²) in [5.74, 6) is 0.857. The minimum Gasteiger partial charge on any atom is -0.455 e. The average molecular weight is 451 g/mol. The number of aromatic nitrogens is 1. The molecule has 0 saturated heterocycles. The molecule has 2 heterocycles. The Morgan fingerprint density at radius 2 is 1.97 bits per heavy atom. The molecule has 4 rings (SSSR count). The third kappa shape index (κ3) is 4.81. The molecule has 0 atom stereocenters. The van der Waals surface area contributed by atoms with Crippen LogP contribution in [-0.4, -0.2) is 27.6 Å². The van der Waals surface area contributed by atoms with Gasteiger partial charge in [0.05, 0.1) is 17.1 Å². The van der Waals surface area contributed by atoms with E-state index in [0.717, 1.165) is 12.0 Å². The second-order valence-corrected chi connectivity index (χ2v) is 7.68. The van der Waals surface area contributed by atoms with Crippen molar-refractivity contribution in [3.63, 3.8) is 0 Å². The highest BCUT2D eigenvalue weighted by molar-refractivity contribution is 6.09. The van der Waals surface area contributed by atoms with Gasteiger partial charge in [0.2, 0.25) is 5.91 Å². The summed E-state index contributed by atoms with van der Waals surface area (Å²) in [6.45, 7) is 3.49. The van der Waals surface area contributed by atoms with Gasteiger partial charge in [-0.2, -0.15) is 5.10 Å². The number of aryl methyl sites for hydroxylation is 2. The maximum atomic E-state index is 12.7. The lowest BCUT2D eigenvalue weighted by Gasteiger charge is -2.13. The summed E-state index contributed by atoms with van der Waals surface area (Å²) in [7, 11) is 0. The Bertz CT molecular complexity index is 1250. The number of furan rings is 1. The Morgan fingerprint density at radius 3 is 2.64 bits per heavy atom. The second-order valence-electron chi connectivity index (χ2n) is 7.68. The fraction of sp³-hybridized carbons (Fsp3) is 0.273. The lowest BCUT2D eigenvalue weighted by Crippen LogP contribution is -2.23. The highest BCUT2D eigenvalue weighted by Crippen LogP contribution is 2.30. The fourth-order valence-electron chi connectivity index (χ4n) is 3.69. The van der Waals surface area contributed by atoms with Crippen LogP contribution in [0.2, 0.25) is 0 Å². The van der Waals surface area contributed by atoms with E-state index in [1.54, 1.807) is 19.9 Å². The van der Waals surface area contributed by atoms with Crippen LogP contribution in [0.25, 0.3) is 0 Å². The first kappa shape index (κ1) is 21.9. The normalized spacial score (nSPS) is 14.1. The van der Waals surface area contributed by atoms with Crippen molar-refractivity contribution >= 4 is 29.0 Å². The van der Waals surface area contributed by atoms with Gasteiger partial charge in [-0.3, -0.25) is 19.7 Å². The van der Waals surface area contributed by atoms with Gasteiger partial charge in [0.1, 0.15) is 11.5 Å². The monoisotopic (exact) mass is 451 g/mol. The van der Waals surface area contributed by atoms with Crippen molar-refractivity contribution in [3.05, 3.63) is 74.4 Å². The molecule has 1 aromatic carbocycles. The molecule has 0 spiro atoms. The zero-order chi connectivity index (χ0) is 23.5. The number of benzene rings is 1. The van der Waals surface area contributed by atoms with Gasteiger partial charge in [0.15, 0.2) is 11.6 Å². The van der Waals surface area contributed by atoms with Gasteiger partial charge < -0.3 is 14.3 Å². The highest BCUT2D eigenvalue weighted by Gasteiger charge is 2.28. The smallest absolute Gasteiger partial charge is 0.292 e. The van der Waals surface area contributed by atoms with E-state index in [-0.39, 0.29) is 23.8 Å². The first-order valence-electron chi connectivity index (χ1n) is 10.3. The van der Waals surface area contributed by atoms with E-state index in [2.05, 4.69) is 21.0 Å². The minimum atomic E-state index is -0.495. The van der Waals surface area contributed by atoms with E-state index in [4.69, 9.17) is 8.94 Å². The van der Waals surface area contributed by atoms with Crippen LogP contribution in [-0.2, 0) is 17.6 Å². The number of nitro groups is 1. The van der Waals surface area contributed by atoms with Crippen molar-refractivity contribution in [1.29, 1.82) is 0 Å². The second kappa shape index (κ2) is 9.07. The molecule has 1 aliphatic carbocycles. The number of carbonyl (C=O) groups is 2. The number of hydrogen-bond donors (Lipinski definition) is 2. The SMILES string of the molecule is Cc1cc(NC(=O)c2oc3c(c2C)/C(=N/NC(=O)Cc2ccc([N+](=O)[O-])cc2)CCC3)no1. The van der Waals surface area contributed by atoms with E-state index < -0.39 is 10.8 Å². The van der Waals surface area contributed by atoms with E-state index in [1.807, 2.05) is 0 Å². The van der Waals surface area contributed by atoms with Crippen LogP contribution in [0.5, 0.6) is 0 Å². The van der Waals surface area contributed by atoms with Crippen LogP contribution in [0.15, 0.2) is 44.4 Å². The molecule has 11 nitrogen and oxygen atoms in total. The number of non-ortho nitro benzene ring substituents is 1. The number of hydrogen-bond acceptors (Lipinski definition) is 8. The number of nitrogens with zero attached hydrogens (tertiary/aromatic N) is 3. The standard InChI is InChI=1S/C22H21N5O6/c1-12-10-18(26-33-12)23-22(29)21-13(2)20-16(4-3-5-17(20)32-21)24-25-19(28)11-14-6-8-15(9-7-14)27(30)31/h6-10H,3-5,11H2,1-2H3,(H,25,28)(H,23,26,29)/b24-16+. The Kier molecular flexibility index (Phi) is 6.03. The van der Waals surface area contributed by atoms with Crippen molar-refractivity contribution in [2.24, 2.45) is 5.10 Å². The van der Waals surface area contributed by atoms with Crippen molar-refractivity contribution in [3.8, 4) is 0 Å². The molecule has 0 bridgehead atoms. The van der Waals surface area contributed by atoms with E-state index in [1.165, 1.54) is 24.3 Å². The number of nitrogens with one attached hydrogen (secondary N) is 2. The van der Waals surface area contributed by atoms with Crippen LogP contribution in [0.3, 0.4) is 0 Å². The molecule has 33 heavy (non-hydrogen) atoms. The molecule has 170 valence electrons. The number of rotatable bonds is 6. The van der Waals surface area contributed by atoms with Crippen LogP contribution < -0.4 is 10.7 Å². The van der Waals surface area contributed by atoms with Gasteiger partial charge >= 0.3 is 0 Å². The lowest BCUT2D eigenvalue weighted by molar-refractivity contribution is -0.384. The quantitative estimate of drug-likeness (QED) is 0.430. The van der Waals surface area contributed by atoms with Crippen LogP contribution in [0.1, 0.15) is 51.6 Å². The number of amides is 2. The maximum Gasteiger partial charge on any atom is 0.292 e. The summed E-state index contributed by atoms with van der Waals surface area (Å²) in [5, 5.41) is 21.4. The Labute approximate surface area is 188 Å². The van der Waals surface area contributed by atoms with Crippen molar-refractivity contribution in [2.45, 2.75) is 39.5 Å². The largest absolute Gasteiger partial charge is 0.455 e. The Morgan fingerprint density at radius 1 is 1.21 bits per heavy atom. The Balaban J connectivity index is 1.47. The molecule has 2 aromatic heterocycles. The number of anilines is 1. The number of hydrazone groups is 1. The average Bonchev–Trinajstić information content (AvgIpc) is 3.35. The van der Waals surface area contributed by atoms with Crippen LogP contribution in [0.4, 0.5) is 11.5 Å². The van der Waals surface area contributed by atoms with Gasteiger partial charge in [0, 0.05) is 35.7 Å². The molecule has 2 amide bonds. The predicted molar refractivity (Wildman–Crippen MR) is 117 cm³/mol. The zero-order valence-corrected chi connectivity index (χ0v) is 18.0. The first-order valence-corrected chi connectivity index (χ1v) is 10.3. The summed E-state index contributed by atoms with van der Waals surface area (Å²) in [6, 6.07) is 7.37. The molecule has 0 unspecified atom stereocenters. The third-order valence-corrected chi connectivity index (χ3v) is 5.23. The predicted octanol–water partition coefficient (Wildman–Crippen LogP) is 3.44. The molecular weight excluding hydrogens is 430 g/mol. The molecule has 1 aliphatic rings. The van der Waals surface area contributed by atoms with Crippen LogP contribution >= 0.6 is 0 Å². The van der Waals surface area contributed by atoms with Crippen molar-refractivity contribution in [1.82, 2.24) is 10.6 Å². The van der Waals surface area contributed by atoms with Crippen LogP contribution in [0, 0.1) is 24.0 Å². The van der Waals surface area contributed by atoms with Gasteiger partial charge in [-0.1, -0.05) is 17.3 Å². The maximum absolute atomic E-state index is 12.7. The minimum absolute atomic E-state index is 0.0246. The Hall–Kier alpha value is -4.28. The van der Waals surface area contributed by atoms with E-state index in [9.17, 15) is 19.7 Å². The molecule has 11 heteroatoms. The third-order valence-electron chi connectivity index (χ3n) is 5.23. The van der Waals surface area contributed by atoms with Crippen molar-refractivity contribution < 1.29 is 23.5 Å². The summed E-state index contributed by atoms with van der Waals surface area (Å²) in [6.07, 6.45) is 2.06. The first-order chi connectivity index (χ1) is 15.8. The molecule has 0 aliphatic heterocycles. The summed E-state index contributed by atoms with van der Waals surface area (Å²) in [5.41, 5.74) is 5.11. The molecule has 0 fully saturated rings. The number of fused-ring (bicyclic) bond motifs is 1. The van der Waals surface area contributed by atoms with Gasteiger partial charge in [-0.05, 0) is 32.3 Å². The summed E-state index contributed by atoms with van der Waals surface area (Å²) >= 11 is 0. The molecular formula is C22H21N5O6. The number of carbonyl (C=O) groups excluding carboxylic acids is 2. The fourth-order valence-corrected chi connectivity index (χ4v) is 3.69. The topological polar surface area (TPSA) is 153 Å². The zero-order valence-electron chi connectivity index (χ0n) is 18.0. The summed E-state index contributed by atoms with van der Waals surface area (Å²) in [4.78, 5) is 35.2. The van der Waals surface area contributed by atoms with Gasteiger partial charge in [0.25, 0.3) is 11.6 Å². The lowest BCUT2D eigenvalue weighted by atomic mass is 9.93. The summed E-state index contributed by atoms with van der Waals surface area (Å²) < 4.78 is 10.8.